The van der Waals surface area contributed by atoms with Crippen LogP contribution in [0.3, 0.4) is 0 Å². The van der Waals surface area contributed by atoms with Gasteiger partial charge in [0.25, 0.3) is 0 Å². The SMILES string of the molecule is Cn1cc([B-](F)(F)F)ccc1=O. The minimum Gasteiger partial charge on any atom is -0.445 e. The molecule has 1 heterocycles. The summed E-state index contributed by atoms with van der Waals surface area (Å²) in [6, 6.07) is 1.70. The highest BCUT2D eigenvalue weighted by atomic mass is 19.4. The molecule has 6 heteroatoms. The van der Waals surface area contributed by atoms with Crippen LogP contribution in [0.2, 0.25) is 0 Å². The maximum Gasteiger partial charge on any atom is 0.511 e. The lowest BCUT2D eigenvalue weighted by Gasteiger charge is -2.14. The molecule has 0 aliphatic heterocycles. The zero-order chi connectivity index (χ0) is 9.35. The average Bonchev–Trinajstić information content (AvgIpc) is 1.92. The van der Waals surface area contributed by atoms with E-state index >= 15 is 0 Å². The third-order valence-electron chi connectivity index (χ3n) is 1.49. The van der Waals surface area contributed by atoms with Gasteiger partial charge in [-0.05, 0) is 6.20 Å². The number of halogens is 3. The van der Waals surface area contributed by atoms with Crippen molar-refractivity contribution >= 4 is 12.4 Å². The fourth-order valence-corrected chi connectivity index (χ4v) is 0.809. The summed E-state index contributed by atoms with van der Waals surface area (Å²) in [5.74, 6) is 0. The van der Waals surface area contributed by atoms with E-state index in [4.69, 9.17) is 0 Å². The Balaban J connectivity index is 3.23. The van der Waals surface area contributed by atoms with Crippen molar-refractivity contribution in [3.63, 3.8) is 0 Å². The van der Waals surface area contributed by atoms with Crippen LogP contribution in [0, 0.1) is 0 Å². The van der Waals surface area contributed by atoms with E-state index in [0.717, 1.165) is 22.9 Å². The molecule has 0 aliphatic rings. The molecule has 12 heavy (non-hydrogen) atoms. The molecule has 2 nitrogen and oxygen atoms in total. The molecule has 0 aromatic carbocycles. The van der Waals surface area contributed by atoms with Gasteiger partial charge in [0.1, 0.15) is 0 Å². The highest BCUT2D eigenvalue weighted by Gasteiger charge is 2.25. The summed E-state index contributed by atoms with van der Waals surface area (Å²) in [6.45, 7) is -5.00. The average molecular weight is 176 g/mol. The number of aromatic nitrogens is 1. The second kappa shape index (κ2) is 2.69. The van der Waals surface area contributed by atoms with Crippen molar-refractivity contribution in [1.82, 2.24) is 4.57 Å². The van der Waals surface area contributed by atoms with Gasteiger partial charge in [0.05, 0.1) is 0 Å². The van der Waals surface area contributed by atoms with Crippen LogP contribution < -0.4 is 11.0 Å². The van der Waals surface area contributed by atoms with E-state index < -0.39 is 18.0 Å². The largest absolute Gasteiger partial charge is 0.511 e. The third-order valence-corrected chi connectivity index (χ3v) is 1.49. The molecule has 0 radical (unpaired) electrons. The van der Waals surface area contributed by atoms with Gasteiger partial charge in [-0.15, -0.1) is 0 Å². The fraction of sp³-hybridized carbons (Fsp3) is 0.167. The Morgan fingerprint density at radius 2 is 1.92 bits per heavy atom. The molecule has 0 bridgehead atoms. The normalized spacial score (nSPS) is 11.7. The highest BCUT2D eigenvalue weighted by Crippen LogP contribution is 2.06. The molecule has 0 amide bonds. The van der Waals surface area contributed by atoms with Gasteiger partial charge in [0.2, 0.25) is 5.56 Å². The van der Waals surface area contributed by atoms with Crippen molar-refractivity contribution in [3.8, 4) is 0 Å². The molecule has 0 aliphatic carbocycles. The van der Waals surface area contributed by atoms with Gasteiger partial charge >= 0.3 is 6.98 Å². The molecule has 66 valence electrons. The molecule has 0 spiro atoms. The Kier molecular flexibility index (Phi) is 2.00. The molecule has 1 aromatic rings. The Morgan fingerprint density at radius 3 is 2.33 bits per heavy atom. The lowest BCUT2D eigenvalue weighted by Crippen LogP contribution is -2.37. The topological polar surface area (TPSA) is 22.0 Å². The number of pyridine rings is 1. The van der Waals surface area contributed by atoms with Crippen LogP contribution in [-0.4, -0.2) is 11.5 Å². The highest BCUT2D eigenvalue weighted by molar-refractivity contribution is 6.73. The number of hydrogen-bond acceptors (Lipinski definition) is 1. The molecular formula is C6H6BF3NO-. The quantitative estimate of drug-likeness (QED) is 0.569. The van der Waals surface area contributed by atoms with Crippen LogP contribution in [-0.2, 0) is 7.05 Å². The summed E-state index contributed by atoms with van der Waals surface area (Å²) in [7, 11) is 1.29. The van der Waals surface area contributed by atoms with Crippen molar-refractivity contribution in [2.24, 2.45) is 7.05 Å². The molecule has 0 atom stereocenters. The summed E-state index contributed by atoms with van der Waals surface area (Å²) >= 11 is 0. The third kappa shape index (κ3) is 1.69. The second-order valence-electron chi connectivity index (χ2n) is 2.49. The maximum absolute atomic E-state index is 12.0. The van der Waals surface area contributed by atoms with E-state index in [1.165, 1.54) is 7.05 Å². The predicted molar refractivity (Wildman–Crippen MR) is 40.4 cm³/mol. The van der Waals surface area contributed by atoms with Crippen molar-refractivity contribution < 1.29 is 12.9 Å². The van der Waals surface area contributed by atoms with Gasteiger partial charge in [-0.3, -0.25) is 4.79 Å². The van der Waals surface area contributed by atoms with Crippen LogP contribution in [0.15, 0.2) is 23.1 Å². The Morgan fingerprint density at radius 1 is 1.33 bits per heavy atom. The molecule has 0 N–H and O–H groups in total. The standard InChI is InChI=1S/C6H6BF3NO/c1-11-4-5(7(8,9)10)2-3-6(11)12/h2-4H,1H3/q-1. The van der Waals surface area contributed by atoms with E-state index in [-0.39, 0.29) is 0 Å². The van der Waals surface area contributed by atoms with Gasteiger partial charge in [0.15, 0.2) is 0 Å². The first kappa shape index (κ1) is 8.90. The molecule has 1 rings (SSSR count). The molecular weight excluding hydrogens is 170 g/mol. The van der Waals surface area contributed by atoms with E-state index in [0.29, 0.717) is 0 Å². The number of aryl methyl sites for hydroxylation is 1. The molecule has 0 unspecified atom stereocenters. The molecule has 0 fully saturated rings. The zero-order valence-corrected chi connectivity index (χ0v) is 6.30. The lowest BCUT2D eigenvalue weighted by atomic mass is 9.81. The molecule has 1 aromatic heterocycles. The van der Waals surface area contributed by atoms with Crippen LogP contribution in [0.5, 0.6) is 0 Å². The van der Waals surface area contributed by atoms with E-state index in [9.17, 15) is 17.7 Å². The van der Waals surface area contributed by atoms with Gasteiger partial charge < -0.3 is 17.5 Å². The fourth-order valence-electron chi connectivity index (χ4n) is 0.809. The first-order valence-corrected chi connectivity index (χ1v) is 3.28. The number of rotatable bonds is 1. The first-order valence-electron chi connectivity index (χ1n) is 3.28. The maximum atomic E-state index is 12.0. The Bertz CT molecular complexity index is 343. The van der Waals surface area contributed by atoms with Gasteiger partial charge in [0, 0.05) is 13.1 Å². The minimum absolute atomic E-state index is 0.446. The zero-order valence-electron chi connectivity index (χ0n) is 6.30. The van der Waals surface area contributed by atoms with Gasteiger partial charge in [-0.2, -0.15) is 0 Å². The molecule has 0 saturated heterocycles. The first-order chi connectivity index (χ1) is 5.41. The van der Waals surface area contributed by atoms with Crippen molar-refractivity contribution in [1.29, 1.82) is 0 Å². The van der Waals surface area contributed by atoms with Crippen molar-refractivity contribution in [2.45, 2.75) is 0 Å². The van der Waals surface area contributed by atoms with Crippen LogP contribution in [0.25, 0.3) is 0 Å². The Labute approximate surface area is 66.7 Å². The predicted octanol–water partition coefficient (Wildman–Crippen LogP) is 0.440. The van der Waals surface area contributed by atoms with Crippen molar-refractivity contribution in [2.75, 3.05) is 0 Å². The van der Waals surface area contributed by atoms with Crippen LogP contribution in [0.1, 0.15) is 0 Å². The second-order valence-corrected chi connectivity index (χ2v) is 2.49. The lowest BCUT2D eigenvalue weighted by molar-refractivity contribution is 0.500. The number of nitrogens with zero attached hydrogens (tertiary/aromatic N) is 1. The van der Waals surface area contributed by atoms with Gasteiger partial charge in [-0.1, -0.05) is 11.5 Å². The van der Waals surface area contributed by atoms with Crippen molar-refractivity contribution in [3.05, 3.63) is 28.7 Å². The summed E-state index contributed by atoms with van der Waals surface area (Å²) in [6.07, 6.45) is 0.794. The summed E-state index contributed by atoms with van der Waals surface area (Å²) in [4.78, 5) is 10.7. The summed E-state index contributed by atoms with van der Waals surface area (Å²) in [5, 5.41) is 0. The van der Waals surface area contributed by atoms with Gasteiger partial charge in [-0.25, -0.2) is 0 Å². The minimum atomic E-state index is -5.00. The Hall–Kier alpha value is -1.20. The van der Waals surface area contributed by atoms with E-state index in [1.807, 2.05) is 0 Å². The summed E-state index contributed by atoms with van der Waals surface area (Å²) in [5.41, 5.74) is -1.20. The number of hydrogen-bond donors (Lipinski definition) is 0. The van der Waals surface area contributed by atoms with E-state index in [2.05, 4.69) is 0 Å². The van der Waals surface area contributed by atoms with E-state index in [1.54, 1.807) is 0 Å². The smallest absolute Gasteiger partial charge is 0.445 e. The van der Waals surface area contributed by atoms with Crippen LogP contribution >= 0.6 is 0 Å². The summed E-state index contributed by atoms with van der Waals surface area (Å²) < 4.78 is 37.0. The monoisotopic (exact) mass is 176 g/mol. The molecule has 0 saturated carbocycles. The van der Waals surface area contributed by atoms with Crippen LogP contribution in [0.4, 0.5) is 12.9 Å².